The molecule has 0 unspecified atom stereocenters. The molecule has 0 amide bonds. The molecule has 0 saturated carbocycles. The van der Waals surface area contributed by atoms with Crippen LogP contribution >= 0.6 is 15.9 Å². The lowest BCUT2D eigenvalue weighted by Crippen LogP contribution is -2.20. The average molecular weight is 336 g/mol. The second-order valence-electron chi connectivity index (χ2n) is 4.47. The molecular formula is C14H18BrN5. The Balaban J connectivity index is 2.13. The van der Waals surface area contributed by atoms with Gasteiger partial charge in [-0.1, -0.05) is 13.0 Å². The van der Waals surface area contributed by atoms with E-state index in [-0.39, 0.29) is 0 Å². The first kappa shape index (κ1) is 14.7. The van der Waals surface area contributed by atoms with Gasteiger partial charge in [0.2, 0.25) is 5.95 Å². The van der Waals surface area contributed by atoms with Gasteiger partial charge in [-0.2, -0.15) is 4.98 Å². The van der Waals surface area contributed by atoms with Gasteiger partial charge in [-0.05, 0) is 34.5 Å². The highest BCUT2D eigenvalue weighted by Crippen LogP contribution is 2.24. The van der Waals surface area contributed by atoms with E-state index >= 15 is 0 Å². The molecule has 0 spiro atoms. The van der Waals surface area contributed by atoms with E-state index in [1.54, 1.807) is 12.4 Å². The van der Waals surface area contributed by atoms with Gasteiger partial charge in [-0.25, -0.2) is 4.98 Å². The molecule has 0 radical (unpaired) electrons. The van der Waals surface area contributed by atoms with Crippen LogP contribution in [0.3, 0.4) is 0 Å². The van der Waals surface area contributed by atoms with E-state index in [4.69, 9.17) is 0 Å². The standard InChI is InChI=1S/C14H18BrN5/c1-3-7-17-14-18-9-12(15)13(19-14)20(2)10-11-6-4-5-8-16-11/h4-6,8-9H,3,7,10H2,1-2H3,(H,17,18,19). The highest BCUT2D eigenvalue weighted by molar-refractivity contribution is 9.10. The summed E-state index contributed by atoms with van der Waals surface area (Å²) in [5, 5.41) is 3.20. The minimum absolute atomic E-state index is 0.651. The Labute approximate surface area is 127 Å². The molecule has 0 atom stereocenters. The van der Waals surface area contributed by atoms with Crippen LogP contribution in [0.1, 0.15) is 19.0 Å². The monoisotopic (exact) mass is 335 g/mol. The van der Waals surface area contributed by atoms with Crippen molar-refractivity contribution in [3.63, 3.8) is 0 Å². The molecule has 0 saturated heterocycles. The predicted octanol–water partition coefficient (Wildman–Crippen LogP) is 3.09. The summed E-state index contributed by atoms with van der Waals surface area (Å²) in [4.78, 5) is 15.2. The van der Waals surface area contributed by atoms with Crippen LogP contribution in [0.15, 0.2) is 35.1 Å². The molecule has 6 heteroatoms. The fourth-order valence-corrected chi connectivity index (χ4v) is 2.25. The second-order valence-corrected chi connectivity index (χ2v) is 5.32. The summed E-state index contributed by atoms with van der Waals surface area (Å²) in [7, 11) is 1.99. The van der Waals surface area contributed by atoms with E-state index in [2.05, 4.69) is 43.1 Å². The zero-order valence-electron chi connectivity index (χ0n) is 11.7. The first-order chi connectivity index (χ1) is 9.70. The van der Waals surface area contributed by atoms with E-state index in [0.29, 0.717) is 12.5 Å². The van der Waals surface area contributed by atoms with Gasteiger partial charge in [0, 0.05) is 26.0 Å². The fourth-order valence-electron chi connectivity index (χ4n) is 1.76. The Morgan fingerprint density at radius 3 is 2.85 bits per heavy atom. The van der Waals surface area contributed by atoms with Crippen molar-refractivity contribution in [3.8, 4) is 0 Å². The maximum atomic E-state index is 4.53. The third-order valence-corrected chi connectivity index (χ3v) is 3.30. The van der Waals surface area contributed by atoms with Crippen LogP contribution < -0.4 is 10.2 Å². The topological polar surface area (TPSA) is 53.9 Å². The Morgan fingerprint density at radius 1 is 1.30 bits per heavy atom. The quantitative estimate of drug-likeness (QED) is 0.879. The molecule has 2 rings (SSSR count). The van der Waals surface area contributed by atoms with E-state index < -0.39 is 0 Å². The van der Waals surface area contributed by atoms with E-state index in [1.165, 1.54) is 0 Å². The summed E-state index contributed by atoms with van der Waals surface area (Å²) in [6.45, 7) is 3.68. The van der Waals surface area contributed by atoms with Crippen molar-refractivity contribution in [2.75, 3.05) is 23.8 Å². The lowest BCUT2D eigenvalue weighted by atomic mass is 10.3. The van der Waals surface area contributed by atoms with Gasteiger partial charge < -0.3 is 10.2 Å². The van der Waals surface area contributed by atoms with Crippen LogP contribution in [0.5, 0.6) is 0 Å². The first-order valence-corrected chi connectivity index (χ1v) is 7.37. The minimum Gasteiger partial charge on any atom is -0.354 e. The Hall–Kier alpha value is -1.69. The van der Waals surface area contributed by atoms with Crippen molar-refractivity contribution >= 4 is 27.7 Å². The highest BCUT2D eigenvalue weighted by atomic mass is 79.9. The Morgan fingerprint density at radius 2 is 2.15 bits per heavy atom. The summed E-state index contributed by atoms with van der Waals surface area (Å²) >= 11 is 3.50. The molecule has 0 aliphatic heterocycles. The number of nitrogens with one attached hydrogen (secondary N) is 1. The van der Waals surface area contributed by atoms with Crippen LogP contribution in [0.2, 0.25) is 0 Å². The SMILES string of the molecule is CCCNc1ncc(Br)c(N(C)Cc2ccccn2)n1. The zero-order valence-corrected chi connectivity index (χ0v) is 13.3. The summed E-state index contributed by atoms with van der Waals surface area (Å²) in [6, 6.07) is 5.90. The molecule has 0 bridgehead atoms. The third kappa shape index (κ3) is 3.90. The predicted molar refractivity (Wildman–Crippen MR) is 84.9 cm³/mol. The summed E-state index contributed by atoms with van der Waals surface area (Å²) in [5.74, 6) is 1.50. The van der Waals surface area contributed by atoms with Gasteiger partial charge in [-0.15, -0.1) is 0 Å². The molecule has 2 aromatic heterocycles. The Kier molecular flexibility index (Phi) is 5.29. The zero-order chi connectivity index (χ0) is 14.4. The fraction of sp³-hybridized carbons (Fsp3) is 0.357. The van der Waals surface area contributed by atoms with Gasteiger partial charge in [0.15, 0.2) is 0 Å². The molecule has 2 aromatic rings. The molecule has 106 valence electrons. The van der Waals surface area contributed by atoms with Crippen molar-refractivity contribution in [1.29, 1.82) is 0 Å². The normalized spacial score (nSPS) is 10.3. The number of rotatable bonds is 6. The van der Waals surface area contributed by atoms with E-state index in [0.717, 1.165) is 29.0 Å². The van der Waals surface area contributed by atoms with Gasteiger partial charge in [0.1, 0.15) is 5.82 Å². The smallest absolute Gasteiger partial charge is 0.224 e. The number of halogens is 1. The Bertz CT molecular complexity index is 547. The van der Waals surface area contributed by atoms with Gasteiger partial charge in [-0.3, -0.25) is 4.98 Å². The van der Waals surface area contributed by atoms with Crippen molar-refractivity contribution in [2.45, 2.75) is 19.9 Å². The van der Waals surface area contributed by atoms with Crippen molar-refractivity contribution in [1.82, 2.24) is 15.0 Å². The number of nitrogens with zero attached hydrogens (tertiary/aromatic N) is 4. The third-order valence-electron chi connectivity index (χ3n) is 2.75. The molecule has 0 fully saturated rings. The summed E-state index contributed by atoms with van der Waals surface area (Å²) in [6.07, 6.45) is 4.61. The van der Waals surface area contributed by atoms with Crippen LogP contribution in [-0.4, -0.2) is 28.5 Å². The van der Waals surface area contributed by atoms with Crippen LogP contribution in [0.4, 0.5) is 11.8 Å². The molecular weight excluding hydrogens is 318 g/mol. The first-order valence-electron chi connectivity index (χ1n) is 6.58. The van der Waals surface area contributed by atoms with Crippen LogP contribution in [0, 0.1) is 0 Å². The lowest BCUT2D eigenvalue weighted by molar-refractivity contribution is 0.854. The molecule has 20 heavy (non-hydrogen) atoms. The van der Waals surface area contributed by atoms with Gasteiger partial charge in [0.25, 0.3) is 0 Å². The van der Waals surface area contributed by atoms with Crippen LogP contribution in [-0.2, 0) is 6.54 Å². The average Bonchev–Trinajstić information content (AvgIpc) is 2.47. The van der Waals surface area contributed by atoms with Crippen molar-refractivity contribution < 1.29 is 0 Å². The number of hydrogen-bond acceptors (Lipinski definition) is 5. The minimum atomic E-state index is 0.651. The van der Waals surface area contributed by atoms with Crippen LogP contribution in [0.25, 0.3) is 0 Å². The summed E-state index contributed by atoms with van der Waals surface area (Å²) < 4.78 is 0.873. The molecule has 0 aliphatic rings. The van der Waals surface area contributed by atoms with Gasteiger partial charge >= 0.3 is 0 Å². The largest absolute Gasteiger partial charge is 0.354 e. The van der Waals surface area contributed by atoms with Gasteiger partial charge in [0.05, 0.1) is 16.7 Å². The maximum Gasteiger partial charge on any atom is 0.224 e. The van der Waals surface area contributed by atoms with E-state index in [9.17, 15) is 0 Å². The second kappa shape index (κ2) is 7.19. The van der Waals surface area contributed by atoms with Crippen molar-refractivity contribution in [3.05, 3.63) is 40.8 Å². The number of hydrogen-bond donors (Lipinski definition) is 1. The molecule has 1 N–H and O–H groups in total. The number of aromatic nitrogens is 3. The molecule has 2 heterocycles. The van der Waals surface area contributed by atoms with Crippen molar-refractivity contribution in [2.24, 2.45) is 0 Å². The number of anilines is 2. The maximum absolute atomic E-state index is 4.53. The molecule has 5 nitrogen and oxygen atoms in total. The molecule has 0 aromatic carbocycles. The molecule has 0 aliphatic carbocycles. The van der Waals surface area contributed by atoms with E-state index in [1.807, 2.05) is 30.1 Å². The highest BCUT2D eigenvalue weighted by Gasteiger charge is 2.10. The summed E-state index contributed by atoms with van der Waals surface area (Å²) in [5.41, 5.74) is 1.00. The lowest BCUT2D eigenvalue weighted by Gasteiger charge is -2.19. The number of pyridine rings is 1.